The van der Waals surface area contributed by atoms with E-state index in [-0.39, 0.29) is 6.04 Å². The summed E-state index contributed by atoms with van der Waals surface area (Å²) in [5, 5.41) is 3.07. The molecule has 0 spiro atoms. The first-order valence-electron chi connectivity index (χ1n) is 6.63. The van der Waals surface area contributed by atoms with Crippen molar-refractivity contribution in [3.8, 4) is 11.3 Å². The molecule has 2 nitrogen and oxygen atoms in total. The Kier molecular flexibility index (Phi) is 3.90. The SMILES string of the molecule is NC(Cc1ccccc1)c1nc(-c2ccccc2)cs1. The van der Waals surface area contributed by atoms with Crippen molar-refractivity contribution in [1.29, 1.82) is 0 Å². The van der Waals surface area contributed by atoms with Crippen LogP contribution in [0.3, 0.4) is 0 Å². The molecule has 0 saturated carbocycles. The van der Waals surface area contributed by atoms with E-state index in [4.69, 9.17) is 5.73 Å². The van der Waals surface area contributed by atoms with Gasteiger partial charge in [0.25, 0.3) is 0 Å². The fraction of sp³-hybridized carbons (Fsp3) is 0.118. The van der Waals surface area contributed by atoms with Crippen LogP contribution < -0.4 is 5.73 Å². The van der Waals surface area contributed by atoms with Crippen LogP contribution in [0.5, 0.6) is 0 Å². The Morgan fingerprint density at radius 3 is 2.30 bits per heavy atom. The minimum absolute atomic E-state index is 0.0418. The molecule has 2 aromatic carbocycles. The molecule has 1 aromatic heterocycles. The molecule has 0 aliphatic rings. The summed E-state index contributed by atoms with van der Waals surface area (Å²) in [5.41, 5.74) is 9.66. The molecule has 0 aliphatic carbocycles. The van der Waals surface area contributed by atoms with Gasteiger partial charge < -0.3 is 5.73 Å². The van der Waals surface area contributed by atoms with E-state index in [2.05, 4.69) is 34.6 Å². The number of nitrogens with zero attached hydrogens (tertiary/aromatic N) is 1. The van der Waals surface area contributed by atoms with Gasteiger partial charge in [-0.3, -0.25) is 0 Å². The standard InChI is InChI=1S/C17H16N2S/c18-15(11-13-7-3-1-4-8-13)17-19-16(12-20-17)14-9-5-2-6-10-14/h1-10,12,15H,11,18H2. The van der Waals surface area contributed by atoms with Crippen molar-refractivity contribution >= 4 is 11.3 Å². The monoisotopic (exact) mass is 280 g/mol. The van der Waals surface area contributed by atoms with Gasteiger partial charge in [0.2, 0.25) is 0 Å². The molecule has 3 aromatic rings. The van der Waals surface area contributed by atoms with E-state index < -0.39 is 0 Å². The Balaban J connectivity index is 1.77. The molecular formula is C17H16N2S. The normalized spacial score (nSPS) is 12.2. The van der Waals surface area contributed by atoms with E-state index in [1.807, 2.05) is 36.4 Å². The molecule has 0 aliphatic heterocycles. The summed E-state index contributed by atoms with van der Waals surface area (Å²) in [4.78, 5) is 4.67. The zero-order chi connectivity index (χ0) is 13.8. The number of aromatic nitrogens is 1. The average molecular weight is 280 g/mol. The molecule has 1 heterocycles. The lowest BCUT2D eigenvalue weighted by molar-refractivity contribution is 0.716. The van der Waals surface area contributed by atoms with Crippen molar-refractivity contribution in [2.45, 2.75) is 12.5 Å². The molecule has 0 amide bonds. The minimum Gasteiger partial charge on any atom is -0.322 e. The number of thiazole rings is 1. The molecule has 100 valence electrons. The number of hydrogen-bond acceptors (Lipinski definition) is 3. The third kappa shape index (κ3) is 2.95. The van der Waals surface area contributed by atoms with Crippen molar-refractivity contribution in [3.05, 3.63) is 76.6 Å². The summed E-state index contributed by atoms with van der Waals surface area (Å²) >= 11 is 1.64. The lowest BCUT2D eigenvalue weighted by Crippen LogP contribution is -2.12. The highest BCUT2D eigenvalue weighted by Gasteiger charge is 2.12. The predicted molar refractivity (Wildman–Crippen MR) is 84.6 cm³/mol. The van der Waals surface area contributed by atoms with Crippen molar-refractivity contribution in [3.63, 3.8) is 0 Å². The minimum atomic E-state index is -0.0418. The zero-order valence-corrected chi connectivity index (χ0v) is 11.9. The molecular weight excluding hydrogens is 264 g/mol. The van der Waals surface area contributed by atoms with Gasteiger partial charge in [0, 0.05) is 10.9 Å². The number of hydrogen-bond donors (Lipinski definition) is 1. The Morgan fingerprint density at radius 2 is 1.60 bits per heavy atom. The van der Waals surface area contributed by atoms with E-state index in [1.54, 1.807) is 11.3 Å². The van der Waals surface area contributed by atoms with Gasteiger partial charge >= 0.3 is 0 Å². The van der Waals surface area contributed by atoms with Gasteiger partial charge in [-0.1, -0.05) is 60.7 Å². The first-order valence-corrected chi connectivity index (χ1v) is 7.51. The van der Waals surface area contributed by atoms with Crippen LogP contribution in [0.2, 0.25) is 0 Å². The predicted octanol–water partition coefficient (Wildman–Crippen LogP) is 4.05. The molecule has 1 unspecified atom stereocenters. The summed E-state index contributed by atoms with van der Waals surface area (Å²) in [6, 6.07) is 20.5. The summed E-state index contributed by atoms with van der Waals surface area (Å²) in [6.07, 6.45) is 0.822. The van der Waals surface area contributed by atoms with Crippen molar-refractivity contribution in [2.24, 2.45) is 5.73 Å². The van der Waals surface area contributed by atoms with Crippen molar-refractivity contribution in [2.75, 3.05) is 0 Å². The summed E-state index contributed by atoms with van der Waals surface area (Å²) < 4.78 is 0. The highest BCUT2D eigenvalue weighted by molar-refractivity contribution is 7.10. The van der Waals surface area contributed by atoms with Crippen molar-refractivity contribution in [1.82, 2.24) is 4.98 Å². The van der Waals surface area contributed by atoms with Gasteiger partial charge in [0.1, 0.15) is 5.01 Å². The Bertz CT molecular complexity index is 662. The molecule has 3 heteroatoms. The smallest absolute Gasteiger partial charge is 0.110 e. The fourth-order valence-electron chi connectivity index (χ4n) is 2.15. The van der Waals surface area contributed by atoms with Gasteiger partial charge in [-0.2, -0.15) is 0 Å². The first-order chi connectivity index (χ1) is 9.83. The number of rotatable bonds is 4. The zero-order valence-electron chi connectivity index (χ0n) is 11.1. The number of benzene rings is 2. The van der Waals surface area contributed by atoms with E-state index in [0.29, 0.717) is 0 Å². The first kappa shape index (κ1) is 13.0. The van der Waals surface area contributed by atoms with Gasteiger partial charge in [-0.25, -0.2) is 4.98 Å². The van der Waals surface area contributed by atoms with Gasteiger partial charge in [-0.15, -0.1) is 11.3 Å². The molecule has 0 bridgehead atoms. The highest BCUT2D eigenvalue weighted by atomic mass is 32.1. The summed E-state index contributed by atoms with van der Waals surface area (Å²) in [5.74, 6) is 0. The van der Waals surface area contributed by atoms with Crippen LogP contribution >= 0.6 is 11.3 Å². The second-order valence-electron chi connectivity index (χ2n) is 4.73. The molecule has 3 rings (SSSR count). The second-order valence-corrected chi connectivity index (χ2v) is 5.62. The maximum absolute atomic E-state index is 6.27. The van der Waals surface area contributed by atoms with E-state index in [1.165, 1.54) is 5.56 Å². The molecule has 0 radical (unpaired) electrons. The third-order valence-corrected chi connectivity index (χ3v) is 4.18. The van der Waals surface area contributed by atoms with Gasteiger partial charge in [-0.05, 0) is 12.0 Å². The van der Waals surface area contributed by atoms with E-state index in [9.17, 15) is 0 Å². The maximum atomic E-state index is 6.27. The largest absolute Gasteiger partial charge is 0.322 e. The molecule has 20 heavy (non-hydrogen) atoms. The summed E-state index contributed by atoms with van der Waals surface area (Å²) in [6.45, 7) is 0. The molecule has 1 atom stereocenters. The maximum Gasteiger partial charge on any atom is 0.110 e. The summed E-state index contributed by atoms with van der Waals surface area (Å²) in [7, 11) is 0. The van der Waals surface area contributed by atoms with Crippen LogP contribution in [-0.4, -0.2) is 4.98 Å². The van der Waals surface area contributed by atoms with E-state index in [0.717, 1.165) is 22.7 Å². The number of nitrogens with two attached hydrogens (primary N) is 1. The van der Waals surface area contributed by atoms with Gasteiger partial charge in [0.15, 0.2) is 0 Å². The molecule has 0 saturated heterocycles. The third-order valence-electron chi connectivity index (χ3n) is 3.21. The van der Waals surface area contributed by atoms with Crippen LogP contribution in [-0.2, 0) is 6.42 Å². The van der Waals surface area contributed by atoms with Crippen LogP contribution in [0.15, 0.2) is 66.0 Å². The van der Waals surface area contributed by atoms with Crippen LogP contribution in [0.4, 0.5) is 0 Å². The van der Waals surface area contributed by atoms with Crippen molar-refractivity contribution < 1.29 is 0 Å². The Morgan fingerprint density at radius 1 is 0.950 bits per heavy atom. The van der Waals surface area contributed by atoms with Crippen LogP contribution in [0.1, 0.15) is 16.6 Å². The Labute approximate surface area is 122 Å². The fourth-order valence-corrected chi connectivity index (χ4v) is 2.99. The molecule has 0 fully saturated rings. The Hall–Kier alpha value is -1.97. The lowest BCUT2D eigenvalue weighted by atomic mass is 10.1. The molecule has 2 N–H and O–H groups in total. The quantitative estimate of drug-likeness (QED) is 0.783. The van der Waals surface area contributed by atoms with Crippen LogP contribution in [0.25, 0.3) is 11.3 Å². The van der Waals surface area contributed by atoms with Gasteiger partial charge in [0.05, 0.1) is 11.7 Å². The van der Waals surface area contributed by atoms with E-state index >= 15 is 0 Å². The second kappa shape index (κ2) is 5.99. The average Bonchev–Trinajstić information content (AvgIpc) is 2.99. The topological polar surface area (TPSA) is 38.9 Å². The highest BCUT2D eigenvalue weighted by Crippen LogP contribution is 2.26. The lowest BCUT2D eigenvalue weighted by Gasteiger charge is -2.08. The van der Waals surface area contributed by atoms with Crippen LogP contribution in [0, 0.1) is 0 Å².